The van der Waals surface area contributed by atoms with Gasteiger partial charge in [0.25, 0.3) is 0 Å². The van der Waals surface area contributed by atoms with E-state index < -0.39 is 0 Å². The first-order valence-corrected chi connectivity index (χ1v) is 6.66. The Bertz CT molecular complexity index is 198. The van der Waals surface area contributed by atoms with Crippen molar-refractivity contribution in [2.24, 2.45) is 5.41 Å². The molecule has 0 radical (unpaired) electrons. The molecule has 1 aliphatic carbocycles. The molecule has 0 aromatic rings. The quantitative estimate of drug-likeness (QED) is 0.674. The molecule has 1 heterocycles. The fraction of sp³-hybridized carbons (Fsp3) is 1.00. The lowest BCUT2D eigenvalue weighted by Gasteiger charge is -2.43. The molecule has 0 bridgehead atoms. The minimum absolute atomic E-state index is 0.544. The average Bonchev–Trinajstić information content (AvgIpc) is 2.73. The van der Waals surface area contributed by atoms with Crippen molar-refractivity contribution in [2.75, 3.05) is 33.4 Å². The van der Waals surface area contributed by atoms with Crippen LogP contribution in [0, 0.1) is 5.41 Å². The minimum Gasteiger partial charge on any atom is -0.383 e. The van der Waals surface area contributed by atoms with Crippen LogP contribution in [0.2, 0.25) is 0 Å². The Morgan fingerprint density at radius 3 is 2.81 bits per heavy atom. The lowest BCUT2D eigenvalue weighted by molar-refractivity contribution is 0.0211. The van der Waals surface area contributed by atoms with E-state index in [9.17, 15) is 0 Å². The van der Waals surface area contributed by atoms with E-state index in [1.807, 2.05) is 0 Å². The largest absolute Gasteiger partial charge is 0.383 e. The summed E-state index contributed by atoms with van der Waals surface area (Å²) >= 11 is 0. The number of hydrogen-bond acceptors (Lipinski definition) is 3. The summed E-state index contributed by atoms with van der Waals surface area (Å²) < 4.78 is 10.8. The molecule has 2 rings (SSSR count). The van der Waals surface area contributed by atoms with Crippen molar-refractivity contribution in [1.29, 1.82) is 0 Å². The van der Waals surface area contributed by atoms with Crippen molar-refractivity contribution in [3.05, 3.63) is 0 Å². The van der Waals surface area contributed by atoms with Crippen LogP contribution >= 0.6 is 0 Å². The molecule has 0 aromatic carbocycles. The van der Waals surface area contributed by atoms with Crippen LogP contribution in [0.25, 0.3) is 0 Å². The summed E-state index contributed by atoms with van der Waals surface area (Å²) in [6.45, 7) is 3.92. The lowest BCUT2D eigenvalue weighted by atomic mass is 9.65. The van der Waals surface area contributed by atoms with Gasteiger partial charge in [0.1, 0.15) is 0 Å². The Hall–Kier alpha value is -0.120. The maximum atomic E-state index is 5.76. The summed E-state index contributed by atoms with van der Waals surface area (Å²) in [6.07, 6.45) is 8.52. The van der Waals surface area contributed by atoms with Gasteiger partial charge in [0, 0.05) is 26.8 Å². The summed E-state index contributed by atoms with van der Waals surface area (Å²) in [5.74, 6) is 0. The van der Waals surface area contributed by atoms with Gasteiger partial charge >= 0.3 is 0 Å². The molecule has 0 spiro atoms. The van der Waals surface area contributed by atoms with Crippen LogP contribution in [0.3, 0.4) is 0 Å². The van der Waals surface area contributed by atoms with Crippen molar-refractivity contribution in [3.63, 3.8) is 0 Å². The summed E-state index contributed by atoms with van der Waals surface area (Å²) in [5.41, 5.74) is 0.544. The number of ether oxygens (including phenoxy) is 2. The van der Waals surface area contributed by atoms with Crippen molar-refractivity contribution < 1.29 is 9.47 Å². The molecule has 1 atom stereocenters. The van der Waals surface area contributed by atoms with E-state index in [0.29, 0.717) is 11.5 Å². The van der Waals surface area contributed by atoms with Gasteiger partial charge in [-0.15, -0.1) is 0 Å². The van der Waals surface area contributed by atoms with Gasteiger partial charge in [0.05, 0.1) is 12.7 Å². The third kappa shape index (κ3) is 3.19. The molecule has 3 heteroatoms. The van der Waals surface area contributed by atoms with Crippen molar-refractivity contribution in [3.8, 4) is 0 Å². The number of hydrogen-bond donors (Lipinski definition) is 1. The zero-order valence-corrected chi connectivity index (χ0v) is 10.5. The SMILES string of the molecule is COCCNCC1(CC2CCCO2)CCC1. The Morgan fingerprint density at radius 2 is 2.25 bits per heavy atom. The number of methoxy groups -OCH3 is 1. The van der Waals surface area contributed by atoms with Gasteiger partial charge in [-0.1, -0.05) is 6.42 Å². The molecule has 3 nitrogen and oxygen atoms in total. The molecular formula is C13H25NO2. The Balaban J connectivity index is 1.69. The van der Waals surface area contributed by atoms with Crippen LogP contribution < -0.4 is 5.32 Å². The van der Waals surface area contributed by atoms with Gasteiger partial charge in [0.2, 0.25) is 0 Å². The van der Waals surface area contributed by atoms with Crippen LogP contribution in [0.15, 0.2) is 0 Å². The molecule has 1 unspecified atom stereocenters. The predicted molar refractivity (Wildman–Crippen MR) is 64.6 cm³/mol. The maximum absolute atomic E-state index is 5.76. The Labute approximate surface area is 98.9 Å². The second-order valence-electron chi connectivity index (χ2n) is 5.36. The Kier molecular flexibility index (Phi) is 4.62. The first kappa shape index (κ1) is 12.3. The molecule has 1 saturated carbocycles. The van der Waals surface area contributed by atoms with Gasteiger partial charge in [-0.25, -0.2) is 0 Å². The molecule has 2 fully saturated rings. The first-order valence-electron chi connectivity index (χ1n) is 6.66. The van der Waals surface area contributed by atoms with E-state index in [4.69, 9.17) is 9.47 Å². The zero-order valence-electron chi connectivity index (χ0n) is 10.5. The maximum Gasteiger partial charge on any atom is 0.0587 e. The average molecular weight is 227 g/mol. The smallest absolute Gasteiger partial charge is 0.0587 e. The Morgan fingerprint density at radius 1 is 1.38 bits per heavy atom. The first-order chi connectivity index (χ1) is 7.85. The topological polar surface area (TPSA) is 30.5 Å². The molecule has 94 valence electrons. The van der Waals surface area contributed by atoms with E-state index in [-0.39, 0.29) is 0 Å². The van der Waals surface area contributed by atoms with Crippen LogP contribution in [0.4, 0.5) is 0 Å². The molecule has 0 amide bonds. The van der Waals surface area contributed by atoms with Crippen molar-refractivity contribution in [1.82, 2.24) is 5.32 Å². The van der Waals surface area contributed by atoms with E-state index in [1.165, 1.54) is 38.5 Å². The highest BCUT2D eigenvalue weighted by Gasteiger charge is 2.39. The second-order valence-corrected chi connectivity index (χ2v) is 5.36. The summed E-state index contributed by atoms with van der Waals surface area (Å²) in [6, 6.07) is 0. The van der Waals surface area contributed by atoms with Crippen LogP contribution in [-0.4, -0.2) is 39.5 Å². The normalized spacial score (nSPS) is 27.9. The standard InChI is InChI=1S/C13H25NO2/c1-15-9-7-14-11-13(5-3-6-13)10-12-4-2-8-16-12/h12,14H,2-11H2,1H3. The molecule has 1 aliphatic heterocycles. The zero-order chi connectivity index (χ0) is 11.3. The van der Waals surface area contributed by atoms with E-state index in [1.54, 1.807) is 7.11 Å². The highest BCUT2D eigenvalue weighted by molar-refractivity contribution is 4.92. The fourth-order valence-corrected chi connectivity index (χ4v) is 2.95. The third-order valence-electron chi connectivity index (χ3n) is 4.08. The molecule has 1 saturated heterocycles. The number of rotatable bonds is 7. The van der Waals surface area contributed by atoms with Gasteiger partial charge in [0.15, 0.2) is 0 Å². The molecule has 2 aliphatic rings. The van der Waals surface area contributed by atoms with Crippen LogP contribution in [-0.2, 0) is 9.47 Å². The molecule has 1 N–H and O–H groups in total. The van der Waals surface area contributed by atoms with Gasteiger partial charge < -0.3 is 14.8 Å². The molecular weight excluding hydrogens is 202 g/mol. The van der Waals surface area contributed by atoms with Gasteiger partial charge in [-0.05, 0) is 37.5 Å². The molecule has 0 aromatic heterocycles. The molecule has 16 heavy (non-hydrogen) atoms. The summed E-state index contributed by atoms with van der Waals surface area (Å²) in [4.78, 5) is 0. The second kappa shape index (κ2) is 5.99. The van der Waals surface area contributed by atoms with Crippen molar-refractivity contribution in [2.45, 2.75) is 44.6 Å². The fourth-order valence-electron chi connectivity index (χ4n) is 2.95. The third-order valence-corrected chi connectivity index (χ3v) is 4.08. The highest BCUT2D eigenvalue weighted by Crippen LogP contribution is 2.45. The summed E-state index contributed by atoms with van der Waals surface area (Å²) in [5, 5.41) is 3.52. The summed E-state index contributed by atoms with van der Waals surface area (Å²) in [7, 11) is 1.76. The van der Waals surface area contributed by atoms with Crippen LogP contribution in [0.5, 0.6) is 0 Å². The van der Waals surface area contributed by atoms with Crippen molar-refractivity contribution >= 4 is 0 Å². The van der Waals surface area contributed by atoms with E-state index in [0.717, 1.165) is 26.3 Å². The highest BCUT2D eigenvalue weighted by atomic mass is 16.5. The monoisotopic (exact) mass is 227 g/mol. The van der Waals surface area contributed by atoms with Gasteiger partial charge in [-0.2, -0.15) is 0 Å². The number of nitrogens with one attached hydrogen (secondary N) is 1. The van der Waals surface area contributed by atoms with E-state index >= 15 is 0 Å². The minimum atomic E-state index is 0.544. The van der Waals surface area contributed by atoms with Gasteiger partial charge in [-0.3, -0.25) is 0 Å². The van der Waals surface area contributed by atoms with E-state index in [2.05, 4.69) is 5.32 Å². The van der Waals surface area contributed by atoms with Crippen LogP contribution in [0.1, 0.15) is 38.5 Å². The lowest BCUT2D eigenvalue weighted by Crippen LogP contribution is -2.43. The predicted octanol–water partition coefficient (Wildman–Crippen LogP) is 1.96.